The van der Waals surface area contributed by atoms with Gasteiger partial charge in [0, 0.05) is 36.8 Å². The molecule has 0 aliphatic heterocycles. The summed E-state index contributed by atoms with van der Waals surface area (Å²) in [6.07, 6.45) is 0.999. The standard InChI is InChI=1S/C22H25N5O3/c1-12-8-13(2)25-22(24-12)27-17-9-14(10-18(28)20(17)21(23-3)26-27)16-7-6-15(29-4)11-19(16)30-5/h6-8,11,14H,9-10H2,1-5H3,(H,23,26)/t14-/m1/s1. The van der Waals surface area contributed by atoms with Crippen molar-refractivity contribution in [1.82, 2.24) is 19.7 Å². The van der Waals surface area contributed by atoms with Crippen LogP contribution in [0, 0.1) is 13.8 Å². The summed E-state index contributed by atoms with van der Waals surface area (Å²) in [6, 6.07) is 7.61. The van der Waals surface area contributed by atoms with E-state index in [4.69, 9.17) is 9.47 Å². The van der Waals surface area contributed by atoms with Crippen LogP contribution in [0.2, 0.25) is 0 Å². The molecule has 0 radical (unpaired) electrons. The first-order valence-corrected chi connectivity index (χ1v) is 9.82. The van der Waals surface area contributed by atoms with Crippen LogP contribution in [0.5, 0.6) is 11.5 Å². The molecule has 0 saturated carbocycles. The van der Waals surface area contributed by atoms with E-state index in [-0.39, 0.29) is 11.7 Å². The van der Waals surface area contributed by atoms with Gasteiger partial charge in [-0.1, -0.05) is 6.07 Å². The number of fused-ring (bicyclic) bond motifs is 1. The maximum Gasteiger partial charge on any atom is 0.251 e. The third-order valence-corrected chi connectivity index (χ3v) is 5.41. The lowest BCUT2D eigenvalue weighted by Crippen LogP contribution is -2.22. The van der Waals surface area contributed by atoms with E-state index in [1.54, 1.807) is 25.9 Å². The third-order valence-electron chi connectivity index (χ3n) is 5.41. The number of nitrogens with zero attached hydrogens (tertiary/aromatic N) is 4. The van der Waals surface area contributed by atoms with Crippen LogP contribution in [0.4, 0.5) is 5.82 Å². The van der Waals surface area contributed by atoms with Gasteiger partial charge in [0.15, 0.2) is 11.6 Å². The first kappa shape index (κ1) is 19.9. The molecule has 3 aromatic rings. The van der Waals surface area contributed by atoms with Crippen molar-refractivity contribution in [3.8, 4) is 17.4 Å². The molecular weight excluding hydrogens is 382 g/mol. The van der Waals surface area contributed by atoms with Crippen molar-refractivity contribution in [2.75, 3.05) is 26.6 Å². The van der Waals surface area contributed by atoms with Crippen LogP contribution in [0.15, 0.2) is 24.3 Å². The van der Waals surface area contributed by atoms with Crippen LogP contribution in [-0.2, 0) is 6.42 Å². The molecule has 0 spiro atoms. The lowest BCUT2D eigenvalue weighted by molar-refractivity contribution is 0.0964. The highest BCUT2D eigenvalue weighted by Gasteiger charge is 2.35. The fourth-order valence-corrected chi connectivity index (χ4v) is 4.08. The van der Waals surface area contributed by atoms with E-state index in [0.717, 1.165) is 22.6 Å². The molecule has 1 aliphatic rings. The van der Waals surface area contributed by atoms with Crippen molar-refractivity contribution in [2.24, 2.45) is 0 Å². The van der Waals surface area contributed by atoms with E-state index < -0.39 is 0 Å². The number of hydrogen-bond donors (Lipinski definition) is 1. The molecule has 30 heavy (non-hydrogen) atoms. The molecule has 2 heterocycles. The zero-order valence-corrected chi connectivity index (χ0v) is 17.8. The number of benzene rings is 1. The van der Waals surface area contributed by atoms with Crippen molar-refractivity contribution in [2.45, 2.75) is 32.6 Å². The molecule has 2 aromatic heterocycles. The van der Waals surface area contributed by atoms with Crippen LogP contribution in [0.25, 0.3) is 5.95 Å². The summed E-state index contributed by atoms with van der Waals surface area (Å²) in [7, 11) is 5.01. The van der Waals surface area contributed by atoms with Gasteiger partial charge >= 0.3 is 0 Å². The predicted molar refractivity (Wildman–Crippen MR) is 113 cm³/mol. The SMILES string of the molecule is CNc1nn(-c2nc(C)cc(C)n2)c2c1C(=O)C[C@H](c1ccc(OC)cc1OC)C2. The molecule has 8 nitrogen and oxygen atoms in total. The van der Waals surface area contributed by atoms with Gasteiger partial charge in [0.1, 0.15) is 11.5 Å². The number of carbonyl (C=O) groups excluding carboxylic acids is 1. The van der Waals surface area contributed by atoms with Crippen molar-refractivity contribution in [1.29, 1.82) is 0 Å². The van der Waals surface area contributed by atoms with E-state index >= 15 is 0 Å². The number of hydrogen-bond acceptors (Lipinski definition) is 7. The minimum Gasteiger partial charge on any atom is -0.497 e. The van der Waals surface area contributed by atoms with Gasteiger partial charge < -0.3 is 14.8 Å². The second kappa shape index (κ2) is 7.78. The number of methoxy groups -OCH3 is 2. The monoisotopic (exact) mass is 407 g/mol. The highest BCUT2D eigenvalue weighted by molar-refractivity contribution is 6.03. The zero-order chi connectivity index (χ0) is 21.4. The highest BCUT2D eigenvalue weighted by atomic mass is 16.5. The van der Waals surface area contributed by atoms with Gasteiger partial charge in [-0.05, 0) is 38.0 Å². The molecule has 0 fully saturated rings. The molecule has 8 heteroatoms. The fourth-order valence-electron chi connectivity index (χ4n) is 4.08. The normalized spacial score (nSPS) is 15.6. The van der Waals surface area contributed by atoms with Crippen molar-refractivity contribution in [3.05, 3.63) is 52.5 Å². The Balaban J connectivity index is 1.83. The largest absolute Gasteiger partial charge is 0.497 e. The Bertz CT molecular complexity index is 1100. The van der Waals surface area contributed by atoms with E-state index in [1.165, 1.54) is 0 Å². The average Bonchev–Trinajstić information content (AvgIpc) is 3.11. The fraction of sp³-hybridized carbons (Fsp3) is 0.364. The topological polar surface area (TPSA) is 91.2 Å². The predicted octanol–water partition coefficient (Wildman–Crippen LogP) is 3.25. The van der Waals surface area contributed by atoms with Crippen molar-refractivity contribution < 1.29 is 14.3 Å². The summed E-state index contributed by atoms with van der Waals surface area (Å²) in [6.45, 7) is 3.84. The third kappa shape index (κ3) is 3.38. The van der Waals surface area contributed by atoms with Crippen LogP contribution in [0.3, 0.4) is 0 Å². The summed E-state index contributed by atoms with van der Waals surface area (Å²) in [5, 5.41) is 7.67. The molecular formula is C22H25N5O3. The second-order valence-electron chi connectivity index (χ2n) is 7.42. The molecule has 0 amide bonds. The van der Waals surface area contributed by atoms with E-state index in [9.17, 15) is 4.79 Å². The average molecular weight is 407 g/mol. The smallest absolute Gasteiger partial charge is 0.251 e. The summed E-state index contributed by atoms with van der Waals surface area (Å²) in [4.78, 5) is 22.2. The molecule has 1 N–H and O–H groups in total. The Morgan fingerprint density at radius 3 is 2.43 bits per heavy atom. The molecule has 0 bridgehead atoms. The minimum atomic E-state index is -0.0445. The summed E-state index contributed by atoms with van der Waals surface area (Å²) < 4.78 is 12.6. The number of ether oxygens (including phenoxy) is 2. The number of ketones is 1. The molecule has 0 saturated heterocycles. The number of nitrogens with one attached hydrogen (secondary N) is 1. The van der Waals surface area contributed by atoms with Crippen LogP contribution >= 0.6 is 0 Å². The Labute approximate surface area is 175 Å². The van der Waals surface area contributed by atoms with Gasteiger partial charge in [0.05, 0.1) is 25.5 Å². The van der Waals surface area contributed by atoms with Crippen molar-refractivity contribution >= 4 is 11.6 Å². The molecule has 1 aliphatic carbocycles. The number of rotatable bonds is 5. The summed E-state index contributed by atoms with van der Waals surface area (Å²) >= 11 is 0. The molecule has 1 atom stereocenters. The Hall–Kier alpha value is -3.42. The number of aryl methyl sites for hydroxylation is 2. The first-order chi connectivity index (χ1) is 14.4. The van der Waals surface area contributed by atoms with E-state index in [0.29, 0.717) is 41.7 Å². The van der Waals surface area contributed by atoms with Crippen LogP contribution < -0.4 is 14.8 Å². The molecule has 156 valence electrons. The molecule has 1 aromatic carbocycles. The van der Waals surface area contributed by atoms with E-state index in [1.807, 2.05) is 38.1 Å². The number of carbonyl (C=O) groups is 1. The number of anilines is 1. The van der Waals surface area contributed by atoms with Gasteiger partial charge in [0.2, 0.25) is 0 Å². The quantitative estimate of drug-likeness (QED) is 0.694. The Morgan fingerprint density at radius 1 is 1.07 bits per heavy atom. The van der Waals surface area contributed by atoms with E-state index in [2.05, 4.69) is 20.4 Å². The lowest BCUT2D eigenvalue weighted by atomic mass is 9.81. The highest BCUT2D eigenvalue weighted by Crippen LogP contribution is 2.40. The second-order valence-corrected chi connectivity index (χ2v) is 7.42. The maximum atomic E-state index is 13.2. The minimum absolute atomic E-state index is 0.0408. The van der Waals surface area contributed by atoms with Crippen LogP contribution in [-0.4, -0.2) is 46.8 Å². The van der Waals surface area contributed by atoms with Gasteiger partial charge in [-0.15, -0.1) is 5.10 Å². The molecule has 0 unspecified atom stereocenters. The summed E-state index contributed by atoms with van der Waals surface area (Å²) in [5.41, 5.74) is 4.09. The van der Waals surface area contributed by atoms with Gasteiger partial charge in [-0.25, -0.2) is 14.6 Å². The van der Waals surface area contributed by atoms with Gasteiger partial charge in [-0.3, -0.25) is 4.79 Å². The Kier molecular flexibility index (Phi) is 5.15. The number of Topliss-reactive ketones (excluding diaryl/α,β-unsaturated/α-hetero) is 1. The molecule has 4 rings (SSSR count). The Morgan fingerprint density at radius 2 is 1.80 bits per heavy atom. The maximum absolute atomic E-state index is 13.2. The van der Waals surface area contributed by atoms with Gasteiger partial charge in [-0.2, -0.15) is 0 Å². The van der Waals surface area contributed by atoms with Crippen molar-refractivity contribution in [3.63, 3.8) is 0 Å². The lowest BCUT2D eigenvalue weighted by Gasteiger charge is -2.24. The van der Waals surface area contributed by atoms with Gasteiger partial charge in [0.25, 0.3) is 5.95 Å². The summed E-state index contributed by atoms with van der Waals surface area (Å²) in [5.74, 6) is 2.44. The number of aromatic nitrogens is 4. The zero-order valence-electron chi connectivity index (χ0n) is 17.8. The van der Waals surface area contributed by atoms with Crippen LogP contribution in [0.1, 0.15) is 45.3 Å². The first-order valence-electron chi connectivity index (χ1n) is 9.82.